The van der Waals surface area contributed by atoms with Crippen molar-refractivity contribution in [2.45, 2.75) is 20.8 Å². The molecular weight excluding hydrogens is 318 g/mol. The van der Waals surface area contributed by atoms with Gasteiger partial charge in [0, 0.05) is 42.0 Å². The second kappa shape index (κ2) is 6.24. The van der Waals surface area contributed by atoms with E-state index in [9.17, 15) is 4.79 Å². The van der Waals surface area contributed by atoms with E-state index in [0.29, 0.717) is 0 Å². The summed E-state index contributed by atoms with van der Waals surface area (Å²) in [7, 11) is 4.05. The van der Waals surface area contributed by atoms with Gasteiger partial charge in [0.05, 0.1) is 11.4 Å². The van der Waals surface area contributed by atoms with Crippen molar-refractivity contribution in [3.8, 4) is 22.0 Å². The molecule has 0 aliphatic carbocycles. The summed E-state index contributed by atoms with van der Waals surface area (Å²) in [5, 5.41) is 3.02. The largest absolute Gasteiger partial charge is 0.378 e. The molecule has 1 aromatic carbocycles. The molecule has 0 spiro atoms. The Morgan fingerprint density at radius 2 is 1.83 bits per heavy atom. The van der Waals surface area contributed by atoms with Crippen molar-refractivity contribution in [1.29, 1.82) is 0 Å². The van der Waals surface area contributed by atoms with Gasteiger partial charge in [-0.3, -0.25) is 4.79 Å². The SMILES string of the molecule is CC(=O)c1c(C)[nH]c(-c2csc(-c3ccc(N(C)C)cc3)n2)c1C. The van der Waals surface area contributed by atoms with Crippen LogP contribution in [0.15, 0.2) is 29.6 Å². The number of nitrogens with zero attached hydrogens (tertiary/aromatic N) is 2. The van der Waals surface area contributed by atoms with Gasteiger partial charge in [-0.15, -0.1) is 11.3 Å². The Labute approximate surface area is 146 Å². The molecule has 0 aliphatic heterocycles. The van der Waals surface area contributed by atoms with Crippen molar-refractivity contribution in [2.24, 2.45) is 0 Å². The molecule has 0 fully saturated rings. The fourth-order valence-corrected chi connectivity index (χ4v) is 3.77. The van der Waals surface area contributed by atoms with Crippen LogP contribution in [0.25, 0.3) is 22.0 Å². The first-order valence-electron chi connectivity index (χ1n) is 7.82. The maximum absolute atomic E-state index is 11.8. The molecule has 2 aromatic heterocycles. The van der Waals surface area contributed by atoms with Crippen LogP contribution in [0.5, 0.6) is 0 Å². The number of nitrogens with one attached hydrogen (secondary N) is 1. The zero-order chi connectivity index (χ0) is 17.4. The average Bonchev–Trinajstić information content (AvgIpc) is 3.12. The zero-order valence-electron chi connectivity index (χ0n) is 14.6. The number of benzene rings is 1. The predicted octanol–water partition coefficient (Wildman–Crippen LogP) is 4.69. The molecule has 0 amide bonds. The summed E-state index contributed by atoms with van der Waals surface area (Å²) in [6.07, 6.45) is 0. The molecule has 4 nitrogen and oxygen atoms in total. The average molecular weight is 339 g/mol. The van der Waals surface area contributed by atoms with E-state index < -0.39 is 0 Å². The topological polar surface area (TPSA) is 49.0 Å². The summed E-state index contributed by atoms with van der Waals surface area (Å²) in [5.74, 6) is 0.0854. The smallest absolute Gasteiger partial charge is 0.161 e. The first kappa shape index (κ1) is 16.5. The van der Waals surface area contributed by atoms with Crippen LogP contribution in [-0.2, 0) is 0 Å². The van der Waals surface area contributed by atoms with Crippen molar-refractivity contribution in [2.75, 3.05) is 19.0 Å². The number of aromatic nitrogens is 2. The number of thiazole rings is 1. The first-order valence-corrected chi connectivity index (χ1v) is 8.70. The fraction of sp³-hybridized carbons (Fsp3) is 0.263. The Balaban J connectivity index is 1.97. The summed E-state index contributed by atoms with van der Waals surface area (Å²) in [5.41, 5.74) is 6.74. The molecule has 0 radical (unpaired) electrons. The molecule has 0 saturated heterocycles. The van der Waals surface area contributed by atoms with E-state index in [-0.39, 0.29) is 5.78 Å². The third-order valence-corrected chi connectivity index (χ3v) is 5.07. The monoisotopic (exact) mass is 339 g/mol. The number of carbonyl (C=O) groups is 1. The van der Waals surface area contributed by atoms with Crippen LogP contribution < -0.4 is 4.90 Å². The van der Waals surface area contributed by atoms with E-state index >= 15 is 0 Å². The Morgan fingerprint density at radius 1 is 1.17 bits per heavy atom. The quantitative estimate of drug-likeness (QED) is 0.702. The normalized spacial score (nSPS) is 10.9. The summed E-state index contributed by atoms with van der Waals surface area (Å²) in [6, 6.07) is 8.36. The van der Waals surface area contributed by atoms with Crippen molar-refractivity contribution >= 4 is 22.8 Å². The Morgan fingerprint density at radius 3 is 2.38 bits per heavy atom. The van der Waals surface area contributed by atoms with Gasteiger partial charge in [-0.05, 0) is 50.6 Å². The lowest BCUT2D eigenvalue weighted by molar-refractivity contribution is 0.101. The number of ketones is 1. The van der Waals surface area contributed by atoms with Crippen LogP contribution in [0.2, 0.25) is 0 Å². The fourth-order valence-electron chi connectivity index (χ4n) is 2.96. The molecule has 2 heterocycles. The van der Waals surface area contributed by atoms with Crippen LogP contribution in [0, 0.1) is 13.8 Å². The lowest BCUT2D eigenvalue weighted by Gasteiger charge is -2.11. The van der Waals surface area contributed by atoms with Gasteiger partial charge in [0.1, 0.15) is 5.01 Å². The van der Waals surface area contributed by atoms with Gasteiger partial charge in [-0.25, -0.2) is 4.98 Å². The first-order chi connectivity index (χ1) is 11.4. The van der Waals surface area contributed by atoms with Gasteiger partial charge in [-0.2, -0.15) is 0 Å². The summed E-state index contributed by atoms with van der Waals surface area (Å²) >= 11 is 1.61. The Kier molecular flexibility index (Phi) is 4.28. The molecule has 3 rings (SSSR count). The van der Waals surface area contributed by atoms with E-state index in [4.69, 9.17) is 4.98 Å². The highest BCUT2D eigenvalue weighted by atomic mass is 32.1. The maximum atomic E-state index is 11.8. The molecule has 3 aromatic rings. The minimum absolute atomic E-state index is 0.0854. The molecule has 0 aliphatic rings. The minimum atomic E-state index is 0.0854. The summed E-state index contributed by atoms with van der Waals surface area (Å²) < 4.78 is 0. The molecule has 24 heavy (non-hydrogen) atoms. The van der Waals surface area contributed by atoms with Crippen LogP contribution in [0.3, 0.4) is 0 Å². The number of hydrogen-bond donors (Lipinski definition) is 1. The number of carbonyl (C=O) groups excluding carboxylic acids is 1. The molecular formula is C19H21N3OS. The number of H-pyrrole nitrogens is 1. The standard InChI is InChI=1S/C19H21N3OS/c1-11-17(13(3)23)12(2)20-18(11)16-10-24-19(21-16)14-6-8-15(9-7-14)22(4)5/h6-10,20H,1-5H3. The Hall–Kier alpha value is -2.40. The molecule has 5 heteroatoms. The van der Waals surface area contributed by atoms with E-state index in [1.807, 2.05) is 33.3 Å². The minimum Gasteiger partial charge on any atom is -0.378 e. The van der Waals surface area contributed by atoms with E-state index in [1.165, 1.54) is 0 Å². The number of Topliss-reactive ketones (excluding diaryl/α,β-unsaturated/α-hetero) is 1. The van der Waals surface area contributed by atoms with E-state index in [1.54, 1.807) is 18.3 Å². The van der Waals surface area contributed by atoms with Gasteiger partial charge in [0.15, 0.2) is 5.78 Å². The van der Waals surface area contributed by atoms with Crippen molar-refractivity contribution < 1.29 is 4.79 Å². The molecule has 0 saturated carbocycles. The molecule has 1 N–H and O–H groups in total. The number of rotatable bonds is 4. The van der Waals surface area contributed by atoms with Gasteiger partial charge in [0.2, 0.25) is 0 Å². The van der Waals surface area contributed by atoms with Crippen LogP contribution >= 0.6 is 11.3 Å². The van der Waals surface area contributed by atoms with Crippen LogP contribution in [-0.4, -0.2) is 29.8 Å². The Bertz CT molecular complexity index is 888. The highest BCUT2D eigenvalue weighted by Crippen LogP contribution is 2.32. The maximum Gasteiger partial charge on any atom is 0.161 e. The molecule has 0 bridgehead atoms. The molecule has 0 unspecified atom stereocenters. The number of hydrogen-bond acceptors (Lipinski definition) is 4. The highest BCUT2D eigenvalue weighted by Gasteiger charge is 2.18. The summed E-state index contributed by atoms with van der Waals surface area (Å²) in [4.78, 5) is 22.0. The van der Waals surface area contributed by atoms with Crippen LogP contribution in [0.4, 0.5) is 5.69 Å². The van der Waals surface area contributed by atoms with Gasteiger partial charge < -0.3 is 9.88 Å². The van der Waals surface area contributed by atoms with Crippen molar-refractivity contribution in [3.05, 3.63) is 46.5 Å². The van der Waals surface area contributed by atoms with Gasteiger partial charge in [0.25, 0.3) is 0 Å². The van der Waals surface area contributed by atoms with Crippen molar-refractivity contribution in [1.82, 2.24) is 9.97 Å². The summed E-state index contributed by atoms with van der Waals surface area (Å²) in [6.45, 7) is 5.51. The second-order valence-corrected chi connectivity index (χ2v) is 7.02. The number of anilines is 1. The molecule has 0 atom stereocenters. The third kappa shape index (κ3) is 2.87. The number of aryl methyl sites for hydroxylation is 1. The van der Waals surface area contributed by atoms with Gasteiger partial charge >= 0.3 is 0 Å². The third-order valence-electron chi connectivity index (χ3n) is 4.18. The predicted molar refractivity (Wildman–Crippen MR) is 101 cm³/mol. The van der Waals surface area contributed by atoms with Crippen molar-refractivity contribution in [3.63, 3.8) is 0 Å². The zero-order valence-corrected chi connectivity index (χ0v) is 15.4. The van der Waals surface area contributed by atoms with E-state index in [2.05, 4.69) is 34.1 Å². The van der Waals surface area contributed by atoms with Gasteiger partial charge in [-0.1, -0.05) is 0 Å². The molecule has 124 valence electrons. The second-order valence-electron chi connectivity index (χ2n) is 6.16. The van der Waals surface area contributed by atoms with Crippen LogP contribution in [0.1, 0.15) is 28.5 Å². The van der Waals surface area contributed by atoms with E-state index in [0.717, 1.165) is 44.5 Å². The lowest BCUT2D eigenvalue weighted by atomic mass is 10.1. The highest BCUT2D eigenvalue weighted by molar-refractivity contribution is 7.13. The lowest BCUT2D eigenvalue weighted by Crippen LogP contribution is -2.07. The number of aromatic amines is 1.